The summed E-state index contributed by atoms with van der Waals surface area (Å²) in [6.45, 7) is 7.49. The molecule has 0 saturated carbocycles. The maximum atomic E-state index is 6.14. The van der Waals surface area contributed by atoms with Gasteiger partial charge in [-0.2, -0.15) is 0 Å². The Morgan fingerprint density at radius 2 is 2.23 bits per heavy atom. The zero-order valence-corrected chi connectivity index (χ0v) is 13.8. The number of halogens is 1. The molecule has 2 aromatic rings. The molecule has 1 aliphatic rings. The van der Waals surface area contributed by atoms with Crippen molar-refractivity contribution in [1.29, 1.82) is 0 Å². The molecule has 116 valence electrons. The molecule has 3 rings (SSSR count). The molecule has 2 heterocycles. The number of aromatic nitrogens is 1. The number of ether oxygens (including phenoxy) is 1. The summed E-state index contributed by atoms with van der Waals surface area (Å²) in [5.74, 6) is 1.57. The van der Waals surface area contributed by atoms with Gasteiger partial charge in [-0.15, -0.1) is 0 Å². The monoisotopic (exact) mass is 316 g/mol. The highest BCUT2D eigenvalue weighted by atomic mass is 35.5. The van der Waals surface area contributed by atoms with E-state index in [4.69, 9.17) is 16.3 Å². The minimum Gasteiger partial charge on any atom is -0.491 e. The van der Waals surface area contributed by atoms with Crippen molar-refractivity contribution >= 4 is 11.6 Å². The first-order valence-electron chi connectivity index (χ1n) is 7.70. The lowest BCUT2D eigenvalue weighted by molar-refractivity contribution is 0.288. The second-order valence-corrected chi connectivity index (χ2v) is 6.63. The summed E-state index contributed by atoms with van der Waals surface area (Å²) >= 11 is 6.14. The van der Waals surface area contributed by atoms with Crippen LogP contribution in [0.1, 0.15) is 13.8 Å². The van der Waals surface area contributed by atoms with Gasteiger partial charge in [0.1, 0.15) is 12.4 Å². The van der Waals surface area contributed by atoms with Gasteiger partial charge < -0.3 is 4.74 Å². The van der Waals surface area contributed by atoms with Crippen molar-refractivity contribution in [2.45, 2.75) is 19.9 Å². The Labute approximate surface area is 136 Å². The van der Waals surface area contributed by atoms with Gasteiger partial charge in [-0.1, -0.05) is 31.5 Å². The molecule has 2 unspecified atom stereocenters. The molecule has 0 aliphatic carbocycles. The smallest absolute Gasteiger partial charge is 0.127 e. The summed E-state index contributed by atoms with van der Waals surface area (Å²) in [5.41, 5.74) is 2.02. The Bertz CT molecular complexity index is 630. The van der Waals surface area contributed by atoms with Gasteiger partial charge in [-0.3, -0.25) is 9.88 Å². The molecule has 0 bridgehead atoms. The summed E-state index contributed by atoms with van der Waals surface area (Å²) in [6, 6.07) is 10.2. The molecule has 3 nitrogen and oxygen atoms in total. The van der Waals surface area contributed by atoms with Crippen molar-refractivity contribution in [1.82, 2.24) is 9.88 Å². The van der Waals surface area contributed by atoms with Crippen LogP contribution in [0.5, 0.6) is 5.75 Å². The van der Waals surface area contributed by atoms with Crippen LogP contribution in [0.4, 0.5) is 0 Å². The predicted octanol–water partition coefficient (Wildman–Crippen LogP) is 4.12. The van der Waals surface area contributed by atoms with E-state index in [2.05, 4.69) is 23.7 Å². The second kappa shape index (κ2) is 6.67. The molecule has 2 atom stereocenters. The standard InChI is InChI=1S/C18H21ClN2O/c1-13(2)10-21-11-16(21)12-22-18-6-5-15(19)8-17(18)14-4-3-7-20-9-14/h3-9,13,16H,10-12H2,1-2H3. The molecule has 0 amide bonds. The third kappa shape index (κ3) is 3.79. The molecule has 0 radical (unpaired) electrons. The molecular weight excluding hydrogens is 296 g/mol. The molecule has 4 heteroatoms. The summed E-state index contributed by atoms with van der Waals surface area (Å²) in [6.07, 6.45) is 3.60. The van der Waals surface area contributed by atoms with E-state index in [1.54, 1.807) is 6.20 Å². The van der Waals surface area contributed by atoms with Gasteiger partial charge in [0.05, 0.1) is 6.04 Å². The molecule has 1 aromatic heterocycles. The predicted molar refractivity (Wildman–Crippen MR) is 90.4 cm³/mol. The van der Waals surface area contributed by atoms with Crippen molar-refractivity contribution in [2.24, 2.45) is 5.92 Å². The molecule has 1 aromatic carbocycles. The van der Waals surface area contributed by atoms with Crippen LogP contribution in [0.3, 0.4) is 0 Å². The van der Waals surface area contributed by atoms with Crippen LogP contribution in [0.25, 0.3) is 11.1 Å². The lowest BCUT2D eigenvalue weighted by atomic mass is 10.1. The highest BCUT2D eigenvalue weighted by molar-refractivity contribution is 6.31. The lowest BCUT2D eigenvalue weighted by Crippen LogP contribution is -2.15. The normalized spacial score (nSPS) is 20.2. The van der Waals surface area contributed by atoms with E-state index in [0.717, 1.165) is 36.6 Å². The summed E-state index contributed by atoms with van der Waals surface area (Å²) in [5, 5.41) is 0.707. The SMILES string of the molecule is CC(C)CN1CC1COc1ccc(Cl)cc1-c1cccnc1. The summed E-state index contributed by atoms with van der Waals surface area (Å²) < 4.78 is 6.05. The molecule has 1 aliphatic heterocycles. The maximum absolute atomic E-state index is 6.14. The van der Waals surface area contributed by atoms with Gasteiger partial charge in [0.25, 0.3) is 0 Å². The van der Waals surface area contributed by atoms with Crippen LogP contribution < -0.4 is 4.74 Å². The van der Waals surface area contributed by atoms with E-state index < -0.39 is 0 Å². The molecule has 0 N–H and O–H groups in total. The fraction of sp³-hybridized carbons (Fsp3) is 0.389. The first kappa shape index (κ1) is 15.3. The molecular formula is C18H21ClN2O. The average Bonchev–Trinajstić information content (AvgIpc) is 3.24. The lowest BCUT2D eigenvalue weighted by Gasteiger charge is -2.12. The van der Waals surface area contributed by atoms with E-state index in [0.29, 0.717) is 17.0 Å². The van der Waals surface area contributed by atoms with E-state index >= 15 is 0 Å². The number of benzene rings is 1. The quantitative estimate of drug-likeness (QED) is 0.749. The Morgan fingerprint density at radius 1 is 1.36 bits per heavy atom. The maximum Gasteiger partial charge on any atom is 0.127 e. The van der Waals surface area contributed by atoms with Crippen LogP contribution in [0, 0.1) is 5.92 Å². The number of nitrogens with zero attached hydrogens (tertiary/aromatic N) is 2. The van der Waals surface area contributed by atoms with E-state index in [1.165, 1.54) is 0 Å². The van der Waals surface area contributed by atoms with Crippen molar-refractivity contribution in [3.05, 3.63) is 47.7 Å². The Hall–Kier alpha value is -1.58. The zero-order chi connectivity index (χ0) is 15.5. The summed E-state index contributed by atoms with van der Waals surface area (Å²) in [7, 11) is 0. The molecule has 0 spiro atoms. The fourth-order valence-corrected chi connectivity index (χ4v) is 2.81. The largest absolute Gasteiger partial charge is 0.491 e. The van der Waals surface area contributed by atoms with E-state index in [1.807, 2.05) is 36.5 Å². The Kier molecular flexibility index (Phi) is 4.65. The molecule has 1 fully saturated rings. The topological polar surface area (TPSA) is 25.1 Å². The summed E-state index contributed by atoms with van der Waals surface area (Å²) in [4.78, 5) is 6.63. The van der Waals surface area contributed by atoms with Gasteiger partial charge in [-0.25, -0.2) is 0 Å². The van der Waals surface area contributed by atoms with Gasteiger partial charge in [0.2, 0.25) is 0 Å². The fourth-order valence-electron chi connectivity index (χ4n) is 2.64. The van der Waals surface area contributed by atoms with Gasteiger partial charge in [-0.05, 0) is 30.2 Å². The number of rotatable bonds is 6. The van der Waals surface area contributed by atoms with Crippen LogP contribution in [0.15, 0.2) is 42.7 Å². The van der Waals surface area contributed by atoms with Crippen LogP contribution in [-0.4, -0.2) is 35.6 Å². The third-order valence-electron chi connectivity index (χ3n) is 3.77. The van der Waals surface area contributed by atoms with Crippen molar-refractivity contribution in [3.8, 4) is 16.9 Å². The number of hydrogen-bond acceptors (Lipinski definition) is 3. The van der Waals surface area contributed by atoms with Crippen LogP contribution in [0.2, 0.25) is 5.02 Å². The second-order valence-electron chi connectivity index (χ2n) is 6.19. The number of pyridine rings is 1. The van der Waals surface area contributed by atoms with Gasteiger partial charge in [0.15, 0.2) is 0 Å². The van der Waals surface area contributed by atoms with Gasteiger partial charge >= 0.3 is 0 Å². The van der Waals surface area contributed by atoms with E-state index in [9.17, 15) is 0 Å². The highest BCUT2D eigenvalue weighted by Crippen LogP contribution is 2.33. The minimum atomic E-state index is 0.542. The van der Waals surface area contributed by atoms with Crippen molar-refractivity contribution in [3.63, 3.8) is 0 Å². The van der Waals surface area contributed by atoms with Crippen molar-refractivity contribution in [2.75, 3.05) is 19.7 Å². The Morgan fingerprint density at radius 3 is 2.95 bits per heavy atom. The van der Waals surface area contributed by atoms with Crippen LogP contribution in [-0.2, 0) is 0 Å². The average molecular weight is 317 g/mol. The van der Waals surface area contributed by atoms with Crippen molar-refractivity contribution < 1.29 is 4.74 Å². The zero-order valence-electron chi connectivity index (χ0n) is 13.0. The first-order valence-corrected chi connectivity index (χ1v) is 8.08. The van der Waals surface area contributed by atoms with E-state index in [-0.39, 0.29) is 0 Å². The highest BCUT2D eigenvalue weighted by Gasteiger charge is 2.34. The minimum absolute atomic E-state index is 0.542. The first-order chi connectivity index (χ1) is 10.6. The molecule has 22 heavy (non-hydrogen) atoms. The Balaban J connectivity index is 1.69. The van der Waals surface area contributed by atoms with Crippen LogP contribution >= 0.6 is 11.6 Å². The van der Waals surface area contributed by atoms with Gasteiger partial charge in [0, 0.05) is 41.6 Å². The third-order valence-corrected chi connectivity index (χ3v) is 4.01. The number of hydrogen-bond donors (Lipinski definition) is 0. The molecule has 1 saturated heterocycles.